The number of aromatic amines is 1. The van der Waals surface area contributed by atoms with Crippen LogP contribution in [0.15, 0.2) is 23.1 Å². The number of hydrogen-bond donors (Lipinski definition) is 2. The van der Waals surface area contributed by atoms with Crippen LogP contribution in [0, 0.1) is 6.92 Å². The van der Waals surface area contributed by atoms with E-state index < -0.39 is 0 Å². The van der Waals surface area contributed by atoms with Gasteiger partial charge in [0, 0.05) is 36.2 Å². The molecule has 2 aliphatic heterocycles. The topological polar surface area (TPSA) is 92.2 Å². The molecule has 182 valence electrons. The molecule has 5 rings (SSSR count). The maximum atomic E-state index is 13.3. The van der Waals surface area contributed by atoms with E-state index >= 15 is 0 Å². The Morgan fingerprint density at radius 1 is 1.18 bits per heavy atom. The molecule has 4 heterocycles. The van der Waals surface area contributed by atoms with Gasteiger partial charge in [-0.25, -0.2) is 0 Å². The highest BCUT2D eigenvalue weighted by molar-refractivity contribution is 6.07. The maximum absolute atomic E-state index is 13.3. The molecule has 0 bridgehead atoms. The van der Waals surface area contributed by atoms with E-state index in [9.17, 15) is 9.59 Å². The van der Waals surface area contributed by atoms with Gasteiger partial charge in [0.1, 0.15) is 0 Å². The number of aromatic nitrogens is 3. The quantitative estimate of drug-likeness (QED) is 0.601. The van der Waals surface area contributed by atoms with Gasteiger partial charge >= 0.3 is 0 Å². The minimum atomic E-state index is -0.152. The highest BCUT2D eigenvalue weighted by atomic mass is 16.5. The fourth-order valence-corrected chi connectivity index (χ4v) is 5.45. The molecule has 0 saturated carbocycles. The molecule has 0 unspecified atom stereocenters. The highest BCUT2D eigenvalue weighted by Crippen LogP contribution is 2.30. The van der Waals surface area contributed by atoms with Gasteiger partial charge in [-0.2, -0.15) is 5.10 Å². The number of aryl methyl sites for hydroxylation is 1. The zero-order chi connectivity index (χ0) is 23.9. The zero-order valence-electron chi connectivity index (χ0n) is 20.4. The largest absolute Gasteiger partial charge is 0.381 e. The second kappa shape index (κ2) is 9.15. The van der Waals surface area contributed by atoms with Crippen molar-refractivity contribution in [2.45, 2.75) is 64.5 Å². The third-order valence-corrected chi connectivity index (χ3v) is 7.58. The lowest BCUT2D eigenvalue weighted by atomic mass is 9.98. The lowest BCUT2D eigenvalue weighted by molar-refractivity contribution is 0.0675. The number of carbonyl (C=O) groups excluding carboxylic acids is 1. The van der Waals surface area contributed by atoms with Crippen molar-refractivity contribution in [3.8, 4) is 0 Å². The number of amides is 1. The van der Waals surface area contributed by atoms with E-state index in [1.165, 1.54) is 19.3 Å². The molecule has 1 aromatic carbocycles. The van der Waals surface area contributed by atoms with E-state index in [1.54, 1.807) is 6.20 Å². The lowest BCUT2D eigenvalue weighted by Crippen LogP contribution is -2.53. The molecule has 0 spiro atoms. The van der Waals surface area contributed by atoms with Crippen LogP contribution in [0.2, 0.25) is 0 Å². The Hall–Kier alpha value is -2.71. The molecule has 2 fully saturated rings. The number of hydrogen-bond acceptors (Lipinski definition) is 5. The summed E-state index contributed by atoms with van der Waals surface area (Å²) in [5.41, 5.74) is 2.76. The van der Waals surface area contributed by atoms with Crippen LogP contribution in [-0.4, -0.2) is 64.0 Å². The number of carbonyl (C=O) groups is 1. The van der Waals surface area contributed by atoms with Crippen LogP contribution in [0.25, 0.3) is 21.8 Å². The molecule has 2 aliphatic rings. The van der Waals surface area contributed by atoms with Crippen LogP contribution >= 0.6 is 0 Å². The number of ether oxygens (including phenoxy) is 1. The number of piperidine rings is 1. The Morgan fingerprint density at radius 2 is 1.91 bits per heavy atom. The molecule has 8 heteroatoms. The first-order valence-corrected chi connectivity index (χ1v) is 12.5. The average Bonchev–Trinajstić information content (AvgIpc) is 3.30. The van der Waals surface area contributed by atoms with E-state index in [4.69, 9.17) is 4.74 Å². The molecule has 0 aliphatic carbocycles. The minimum absolute atomic E-state index is 0.0824. The minimum Gasteiger partial charge on any atom is -0.381 e. The summed E-state index contributed by atoms with van der Waals surface area (Å²) in [5.74, 6) is -0.0824. The van der Waals surface area contributed by atoms with Gasteiger partial charge in [-0.05, 0) is 77.2 Å². The molecule has 2 N–H and O–H groups in total. The third kappa shape index (κ3) is 4.25. The highest BCUT2D eigenvalue weighted by Gasteiger charge is 2.29. The number of likely N-dealkylation sites (tertiary alicyclic amines) is 1. The van der Waals surface area contributed by atoms with Crippen LogP contribution in [0.1, 0.15) is 67.9 Å². The molecular formula is C26H35N5O3. The number of pyridine rings is 1. The van der Waals surface area contributed by atoms with Gasteiger partial charge in [0.25, 0.3) is 11.5 Å². The van der Waals surface area contributed by atoms with Crippen molar-refractivity contribution in [1.29, 1.82) is 0 Å². The Bertz CT molecular complexity index is 1260. The first-order valence-electron chi connectivity index (χ1n) is 12.5. The van der Waals surface area contributed by atoms with Gasteiger partial charge < -0.3 is 15.0 Å². The van der Waals surface area contributed by atoms with Crippen molar-refractivity contribution in [2.24, 2.45) is 0 Å². The number of H-pyrrole nitrogens is 1. The second-order valence-electron chi connectivity index (χ2n) is 10.4. The van der Waals surface area contributed by atoms with Crippen molar-refractivity contribution < 1.29 is 9.53 Å². The van der Waals surface area contributed by atoms with Gasteiger partial charge in [0.15, 0.2) is 0 Å². The molecule has 0 radical (unpaired) electrons. The van der Waals surface area contributed by atoms with Gasteiger partial charge in [-0.3, -0.25) is 19.2 Å². The van der Waals surface area contributed by atoms with Gasteiger partial charge in [0.05, 0.1) is 28.7 Å². The number of rotatable bonds is 5. The first-order chi connectivity index (χ1) is 16.3. The molecule has 2 saturated heterocycles. The lowest BCUT2D eigenvalue weighted by Gasteiger charge is -2.41. The van der Waals surface area contributed by atoms with Crippen LogP contribution in [0.3, 0.4) is 0 Å². The number of fused-ring (bicyclic) bond motifs is 3. The predicted octanol–water partition coefficient (Wildman–Crippen LogP) is 3.53. The molecule has 1 amide bonds. The van der Waals surface area contributed by atoms with Gasteiger partial charge in [-0.1, -0.05) is 6.42 Å². The van der Waals surface area contributed by atoms with Crippen molar-refractivity contribution in [3.63, 3.8) is 0 Å². The molecule has 34 heavy (non-hydrogen) atoms. The summed E-state index contributed by atoms with van der Waals surface area (Å²) >= 11 is 0. The summed E-state index contributed by atoms with van der Waals surface area (Å²) in [7, 11) is 0. The third-order valence-electron chi connectivity index (χ3n) is 7.58. The maximum Gasteiger partial charge on any atom is 0.259 e. The fourth-order valence-electron chi connectivity index (χ4n) is 5.45. The molecule has 2 aromatic heterocycles. The van der Waals surface area contributed by atoms with Crippen LogP contribution < -0.4 is 10.9 Å². The Balaban J connectivity index is 1.49. The Kier molecular flexibility index (Phi) is 6.20. The summed E-state index contributed by atoms with van der Waals surface area (Å²) in [5, 5.41) is 9.17. The molecule has 8 nitrogen and oxygen atoms in total. The van der Waals surface area contributed by atoms with Crippen molar-refractivity contribution >= 4 is 27.7 Å². The summed E-state index contributed by atoms with van der Waals surface area (Å²) in [6.07, 6.45) is 7.08. The Morgan fingerprint density at radius 3 is 2.65 bits per heavy atom. The standard InChI is InChI=1S/C26H35N5O3/c1-17-13-22-20(14-19(17)24(32)27-16-26(2,3)30-9-5-4-6-10-30)23-21(25(33)29-22)15-28-31(23)18-7-11-34-12-8-18/h13-15,18H,4-12,16H2,1-3H3,(H,27,32)(H,29,33). The van der Waals surface area contributed by atoms with Gasteiger partial charge in [0.2, 0.25) is 0 Å². The normalized spacial score (nSPS) is 18.6. The van der Waals surface area contributed by atoms with Crippen molar-refractivity contribution in [3.05, 3.63) is 39.8 Å². The second-order valence-corrected chi connectivity index (χ2v) is 10.4. The fraction of sp³-hybridized carbons (Fsp3) is 0.577. The van der Waals surface area contributed by atoms with Crippen LogP contribution in [0.4, 0.5) is 0 Å². The van der Waals surface area contributed by atoms with E-state index in [1.807, 2.05) is 23.7 Å². The number of nitrogens with one attached hydrogen (secondary N) is 2. The van der Waals surface area contributed by atoms with Gasteiger partial charge in [-0.15, -0.1) is 0 Å². The molecule has 0 atom stereocenters. The van der Waals surface area contributed by atoms with Crippen molar-refractivity contribution in [2.75, 3.05) is 32.8 Å². The predicted molar refractivity (Wildman–Crippen MR) is 134 cm³/mol. The van der Waals surface area contributed by atoms with Crippen LogP contribution in [-0.2, 0) is 4.74 Å². The smallest absolute Gasteiger partial charge is 0.259 e. The number of nitrogens with zero attached hydrogens (tertiary/aromatic N) is 3. The Labute approximate surface area is 199 Å². The summed E-state index contributed by atoms with van der Waals surface area (Å²) in [6.45, 7) is 10.4. The summed E-state index contributed by atoms with van der Waals surface area (Å²) < 4.78 is 7.48. The van der Waals surface area contributed by atoms with E-state index in [-0.39, 0.29) is 23.0 Å². The summed E-state index contributed by atoms with van der Waals surface area (Å²) in [6, 6.07) is 4.01. The number of benzene rings is 1. The van der Waals surface area contributed by atoms with Crippen molar-refractivity contribution in [1.82, 2.24) is 25.0 Å². The molecular weight excluding hydrogens is 430 g/mol. The SMILES string of the molecule is Cc1cc2[nH]c(=O)c3cnn(C4CCOCC4)c3c2cc1C(=O)NCC(C)(C)N1CCCCC1. The average molecular weight is 466 g/mol. The van der Waals surface area contributed by atoms with Crippen LogP contribution in [0.5, 0.6) is 0 Å². The molecule has 3 aromatic rings. The van der Waals surface area contributed by atoms with E-state index in [0.29, 0.717) is 30.7 Å². The summed E-state index contributed by atoms with van der Waals surface area (Å²) in [4.78, 5) is 31.6. The monoisotopic (exact) mass is 465 g/mol. The van der Waals surface area contributed by atoms with E-state index in [0.717, 1.165) is 47.9 Å². The zero-order valence-corrected chi connectivity index (χ0v) is 20.4. The first kappa shape index (κ1) is 23.1. The van der Waals surface area contributed by atoms with E-state index in [2.05, 4.69) is 34.1 Å².